The van der Waals surface area contributed by atoms with Gasteiger partial charge in [-0.2, -0.15) is 5.10 Å². The fourth-order valence-corrected chi connectivity index (χ4v) is 4.48. The normalized spacial score (nSPS) is 14.2. The van der Waals surface area contributed by atoms with Crippen LogP contribution < -0.4 is 11.0 Å². The lowest BCUT2D eigenvalue weighted by Crippen LogP contribution is -2.21. The standard InChI is InChI=1S/C18H17ClN4OS/c1-23-17(24)15-13-4-2-3-5-14(13)25-16(15)21-18(23)22-20-10-11-6-8-12(19)9-7-11/h6-10H,2-5H2,1H3,(H,21,22)/b20-10-. The van der Waals surface area contributed by atoms with Gasteiger partial charge in [0.25, 0.3) is 5.56 Å². The third kappa shape index (κ3) is 3.07. The Bertz CT molecular complexity index is 1020. The lowest BCUT2D eigenvalue weighted by Gasteiger charge is -2.10. The fraction of sp³-hybridized carbons (Fsp3) is 0.278. The lowest BCUT2D eigenvalue weighted by atomic mass is 9.97. The van der Waals surface area contributed by atoms with Gasteiger partial charge in [-0.05, 0) is 48.9 Å². The Labute approximate surface area is 154 Å². The molecule has 1 N–H and O–H groups in total. The number of nitrogens with one attached hydrogen (secondary N) is 1. The quantitative estimate of drug-likeness (QED) is 0.559. The number of hydrogen-bond donors (Lipinski definition) is 1. The second-order valence-electron chi connectivity index (χ2n) is 6.11. The van der Waals surface area contributed by atoms with Crippen LogP contribution in [-0.2, 0) is 19.9 Å². The molecule has 1 aliphatic rings. The van der Waals surface area contributed by atoms with Crippen LogP contribution in [0.3, 0.4) is 0 Å². The number of aryl methyl sites for hydroxylation is 2. The van der Waals surface area contributed by atoms with Crippen molar-refractivity contribution in [3.8, 4) is 0 Å². The van der Waals surface area contributed by atoms with E-state index in [4.69, 9.17) is 11.6 Å². The number of nitrogens with zero attached hydrogens (tertiary/aromatic N) is 3. The molecular weight excluding hydrogens is 356 g/mol. The van der Waals surface area contributed by atoms with Crippen LogP contribution in [0, 0.1) is 0 Å². The van der Waals surface area contributed by atoms with E-state index in [0.717, 1.165) is 35.0 Å². The van der Waals surface area contributed by atoms with Gasteiger partial charge in [0.2, 0.25) is 5.95 Å². The Morgan fingerprint density at radius 3 is 2.84 bits per heavy atom. The highest BCUT2D eigenvalue weighted by Crippen LogP contribution is 2.34. The maximum Gasteiger partial charge on any atom is 0.263 e. The molecule has 0 saturated heterocycles. The molecule has 0 atom stereocenters. The van der Waals surface area contributed by atoms with E-state index in [0.29, 0.717) is 11.0 Å². The summed E-state index contributed by atoms with van der Waals surface area (Å²) in [5.41, 5.74) is 4.99. The van der Waals surface area contributed by atoms with Crippen molar-refractivity contribution in [1.82, 2.24) is 9.55 Å². The van der Waals surface area contributed by atoms with Gasteiger partial charge < -0.3 is 0 Å². The molecule has 1 aromatic carbocycles. The van der Waals surface area contributed by atoms with Crippen LogP contribution >= 0.6 is 22.9 Å². The maximum atomic E-state index is 12.8. The molecule has 1 aliphatic carbocycles. The molecule has 2 aromatic heterocycles. The first-order chi connectivity index (χ1) is 12.1. The van der Waals surface area contributed by atoms with Gasteiger partial charge in [-0.1, -0.05) is 23.7 Å². The Morgan fingerprint density at radius 2 is 2.04 bits per heavy atom. The number of hydrogen-bond acceptors (Lipinski definition) is 5. The van der Waals surface area contributed by atoms with Crippen LogP contribution in [0.25, 0.3) is 10.2 Å². The molecule has 0 saturated carbocycles. The van der Waals surface area contributed by atoms with E-state index in [-0.39, 0.29) is 5.56 Å². The van der Waals surface area contributed by atoms with E-state index >= 15 is 0 Å². The van der Waals surface area contributed by atoms with Gasteiger partial charge in [0.15, 0.2) is 0 Å². The topological polar surface area (TPSA) is 59.3 Å². The number of fused-ring (bicyclic) bond motifs is 3. The van der Waals surface area contributed by atoms with E-state index in [9.17, 15) is 4.79 Å². The molecule has 0 radical (unpaired) electrons. The van der Waals surface area contributed by atoms with Gasteiger partial charge in [0.05, 0.1) is 11.6 Å². The molecule has 2 heterocycles. The van der Waals surface area contributed by atoms with Crippen molar-refractivity contribution >= 4 is 45.3 Å². The maximum absolute atomic E-state index is 12.8. The molecule has 4 rings (SSSR count). The molecule has 25 heavy (non-hydrogen) atoms. The third-order valence-electron chi connectivity index (χ3n) is 4.44. The van der Waals surface area contributed by atoms with Gasteiger partial charge in [-0.3, -0.25) is 9.36 Å². The van der Waals surface area contributed by atoms with E-state index in [2.05, 4.69) is 15.5 Å². The monoisotopic (exact) mass is 372 g/mol. The number of halogens is 1. The van der Waals surface area contributed by atoms with Gasteiger partial charge >= 0.3 is 0 Å². The summed E-state index contributed by atoms with van der Waals surface area (Å²) in [7, 11) is 1.72. The average Bonchev–Trinajstić information content (AvgIpc) is 2.99. The molecule has 7 heteroatoms. The van der Waals surface area contributed by atoms with Crippen molar-refractivity contribution in [2.24, 2.45) is 12.1 Å². The summed E-state index contributed by atoms with van der Waals surface area (Å²) >= 11 is 7.51. The molecule has 0 bridgehead atoms. The van der Waals surface area contributed by atoms with Crippen LogP contribution in [0.5, 0.6) is 0 Å². The Morgan fingerprint density at radius 1 is 1.28 bits per heavy atom. The van der Waals surface area contributed by atoms with Crippen molar-refractivity contribution in [3.05, 3.63) is 55.6 Å². The van der Waals surface area contributed by atoms with Gasteiger partial charge in [0, 0.05) is 16.9 Å². The lowest BCUT2D eigenvalue weighted by molar-refractivity contribution is 0.699. The zero-order valence-corrected chi connectivity index (χ0v) is 15.3. The highest BCUT2D eigenvalue weighted by Gasteiger charge is 2.20. The largest absolute Gasteiger partial charge is 0.280 e. The number of aromatic nitrogens is 2. The highest BCUT2D eigenvalue weighted by molar-refractivity contribution is 7.18. The SMILES string of the molecule is Cn1c(N/N=C\c2ccc(Cl)cc2)nc2sc3c(c2c1=O)CCCC3. The molecular formula is C18H17ClN4OS. The Kier molecular flexibility index (Phi) is 4.31. The summed E-state index contributed by atoms with van der Waals surface area (Å²) < 4.78 is 1.53. The smallest absolute Gasteiger partial charge is 0.263 e. The minimum Gasteiger partial charge on any atom is -0.280 e. The van der Waals surface area contributed by atoms with Crippen LogP contribution in [0.4, 0.5) is 5.95 Å². The molecule has 0 spiro atoms. The number of thiophene rings is 1. The molecule has 3 aromatic rings. The predicted molar refractivity (Wildman–Crippen MR) is 104 cm³/mol. The number of hydrazone groups is 1. The van der Waals surface area contributed by atoms with Gasteiger partial charge in [-0.15, -0.1) is 11.3 Å². The van der Waals surface area contributed by atoms with E-state index < -0.39 is 0 Å². The molecule has 5 nitrogen and oxygen atoms in total. The first-order valence-electron chi connectivity index (χ1n) is 8.19. The second-order valence-corrected chi connectivity index (χ2v) is 7.63. The summed E-state index contributed by atoms with van der Waals surface area (Å²) in [6, 6.07) is 7.35. The molecule has 128 valence electrons. The van der Waals surface area contributed by atoms with Crippen LogP contribution in [0.1, 0.15) is 28.8 Å². The highest BCUT2D eigenvalue weighted by atomic mass is 35.5. The van der Waals surface area contributed by atoms with Crippen molar-refractivity contribution in [2.75, 3.05) is 5.43 Å². The zero-order chi connectivity index (χ0) is 17.4. The zero-order valence-electron chi connectivity index (χ0n) is 13.8. The molecule has 0 fully saturated rings. The Hall–Kier alpha value is -2.18. The second kappa shape index (κ2) is 6.61. The summed E-state index contributed by atoms with van der Waals surface area (Å²) in [5, 5.41) is 5.66. The molecule has 0 aliphatic heterocycles. The van der Waals surface area contributed by atoms with Crippen molar-refractivity contribution in [1.29, 1.82) is 0 Å². The van der Waals surface area contributed by atoms with Gasteiger partial charge in [0.1, 0.15) is 4.83 Å². The summed E-state index contributed by atoms with van der Waals surface area (Å²) in [6.07, 6.45) is 6.04. The van der Waals surface area contributed by atoms with Crippen LogP contribution in [0.2, 0.25) is 5.02 Å². The third-order valence-corrected chi connectivity index (χ3v) is 5.88. The van der Waals surface area contributed by atoms with Crippen molar-refractivity contribution in [3.63, 3.8) is 0 Å². The average molecular weight is 373 g/mol. The molecule has 0 unspecified atom stereocenters. The number of benzene rings is 1. The predicted octanol–water partition coefficient (Wildman–Crippen LogP) is 3.97. The first kappa shape index (κ1) is 16.3. The van der Waals surface area contributed by atoms with E-state index in [1.807, 2.05) is 12.1 Å². The summed E-state index contributed by atoms with van der Waals surface area (Å²) in [5.74, 6) is 0.446. The number of anilines is 1. The van der Waals surface area contributed by atoms with Crippen molar-refractivity contribution in [2.45, 2.75) is 25.7 Å². The van der Waals surface area contributed by atoms with E-state index in [1.165, 1.54) is 21.4 Å². The van der Waals surface area contributed by atoms with E-state index in [1.54, 1.807) is 36.7 Å². The van der Waals surface area contributed by atoms with Gasteiger partial charge in [-0.25, -0.2) is 10.4 Å². The summed E-state index contributed by atoms with van der Waals surface area (Å²) in [4.78, 5) is 19.5. The Balaban J connectivity index is 1.67. The number of rotatable bonds is 3. The van der Waals surface area contributed by atoms with Crippen LogP contribution in [-0.4, -0.2) is 15.8 Å². The minimum atomic E-state index is -0.00593. The van der Waals surface area contributed by atoms with Crippen molar-refractivity contribution < 1.29 is 0 Å². The first-order valence-corrected chi connectivity index (χ1v) is 9.39. The minimum absolute atomic E-state index is 0.00593. The van der Waals surface area contributed by atoms with Crippen LogP contribution in [0.15, 0.2) is 34.2 Å². The summed E-state index contributed by atoms with van der Waals surface area (Å²) in [6.45, 7) is 0. The molecule has 0 amide bonds. The fourth-order valence-electron chi connectivity index (χ4n) is 3.10.